The molecule has 0 aromatic rings. The van der Waals surface area contributed by atoms with Crippen molar-refractivity contribution in [2.75, 3.05) is 6.61 Å². The molecule has 2 nitrogen and oxygen atoms in total. The topological polar surface area (TPSA) is 37.3 Å². The number of hydrogen-bond donors (Lipinski definition) is 1. The normalized spacial score (nSPS) is 25.2. The van der Waals surface area contributed by atoms with Gasteiger partial charge in [0.2, 0.25) is 0 Å². The maximum Gasteiger partial charge on any atom is 0.141 e. The summed E-state index contributed by atoms with van der Waals surface area (Å²) in [5, 5.41) is 9.53. The van der Waals surface area contributed by atoms with E-state index in [4.69, 9.17) is 0 Å². The Morgan fingerprint density at radius 1 is 1.12 bits per heavy atom. The van der Waals surface area contributed by atoms with E-state index in [9.17, 15) is 9.90 Å². The Balaban J connectivity index is 2.24. The summed E-state index contributed by atoms with van der Waals surface area (Å²) in [6.07, 6.45) is 12.2. The number of ketones is 1. The van der Waals surface area contributed by atoms with Gasteiger partial charge in [-0.15, -0.1) is 0 Å². The van der Waals surface area contributed by atoms with E-state index in [2.05, 4.69) is 6.92 Å². The molecule has 1 atom stereocenters. The number of Topliss-reactive ketones (excluding diaryl/α,β-unsaturated/α-hetero) is 1. The van der Waals surface area contributed by atoms with Crippen molar-refractivity contribution in [2.24, 2.45) is 5.41 Å². The highest BCUT2D eigenvalue weighted by Gasteiger charge is 2.38. The van der Waals surface area contributed by atoms with Gasteiger partial charge >= 0.3 is 0 Å². The highest BCUT2D eigenvalue weighted by molar-refractivity contribution is 5.85. The lowest BCUT2D eigenvalue weighted by molar-refractivity contribution is -0.134. The van der Waals surface area contributed by atoms with Crippen molar-refractivity contribution < 1.29 is 9.90 Å². The van der Waals surface area contributed by atoms with E-state index < -0.39 is 0 Å². The van der Waals surface area contributed by atoms with Crippen LogP contribution in [-0.2, 0) is 4.79 Å². The fraction of sp³-hybridized carbons (Fsp3) is 0.933. The molecule has 0 aliphatic heterocycles. The molecule has 0 amide bonds. The molecule has 0 aromatic heterocycles. The Hall–Kier alpha value is -0.370. The van der Waals surface area contributed by atoms with Gasteiger partial charge in [-0.25, -0.2) is 0 Å². The van der Waals surface area contributed by atoms with Gasteiger partial charge in [-0.2, -0.15) is 0 Å². The highest BCUT2D eigenvalue weighted by Crippen LogP contribution is 2.37. The molecule has 0 heterocycles. The molecule has 2 heteroatoms. The van der Waals surface area contributed by atoms with E-state index in [0.29, 0.717) is 12.2 Å². The second-order valence-corrected chi connectivity index (χ2v) is 5.59. The lowest BCUT2D eigenvalue weighted by Gasteiger charge is -2.34. The van der Waals surface area contributed by atoms with Crippen LogP contribution in [0.1, 0.15) is 77.6 Å². The molecular weight excluding hydrogens is 212 g/mol. The third kappa shape index (κ3) is 4.42. The molecule has 1 fully saturated rings. The first-order valence-electron chi connectivity index (χ1n) is 7.39. The Bertz CT molecular complexity index is 225. The minimum atomic E-state index is -0.358. The molecule has 17 heavy (non-hydrogen) atoms. The van der Waals surface area contributed by atoms with Gasteiger partial charge in [-0.05, 0) is 19.3 Å². The van der Waals surface area contributed by atoms with Gasteiger partial charge in [0.25, 0.3) is 0 Å². The fourth-order valence-electron chi connectivity index (χ4n) is 2.91. The van der Waals surface area contributed by atoms with Crippen LogP contribution in [0.25, 0.3) is 0 Å². The summed E-state index contributed by atoms with van der Waals surface area (Å²) in [5.41, 5.74) is -0.358. The smallest absolute Gasteiger partial charge is 0.141 e. The summed E-state index contributed by atoms with van der Waals surface area (Å²) in [4.78, 5) is 12.0. The molecule has 0 bridgehead atoms. The second kappa shape index (κ2) is 7.86. The van der Waals surface area contributed by atoms with Gasteiger partial charge in [0, 0.05) is 6.42 Å². The van der Waals surface area contributed by atoms with Crippen molar-refractivity contribution in [1.29, 1.82) is 0 Å². The second-order valence-electron chi connectivity index (χ2n) is 5.59. The highest BCUT2D eigenvalue weighted by atomic mass is 16.3. The molecule has 1 aliphatic carbocycles. The quantitative estimate of drug-likeness (QED) is 0.654. The van der Waals surface area contributed by atoms with Crippen LogP contribution < -0.4 is 0 Å². The maximum absolute atomic E-state index is 12.0. The Morgan fingerprint density at radius 3 is 2.47 bits per heavy atom. The van der Waals surface area contributed by atoms with E-state index >= 15 is 0 Å². The molecule has 0 saturated heterocycles. The number of carbonyl (C=O) groups excluding carboxylic acids is 1. The number of unbranched alkanes of at least 4 members (excludes halogenated alkanes) is 5. The van der Waals surface area contributed by atoms with Crippen LogP contribution in [0.3, 0.4) is 0 Å². The summed E-state index contributed by atoms with van der Waals surface area (Å²) < 4.78 is 0. The summed E-state index contributed by atoms with van der Waals surface area (Å²) in [6.45, 7) is 2.29. The van der Waals surface area contributed by atoms with Gasteiger partial charge in [-0.1, -0.05) is 51.9 Å². The van der Waals surface area contributed by atoms with Gasteiger partial charge in [-0.3, -0.25) is 4.79 Å². The minimum Gasteiger partial charge on any atom is -0.395 e. The van der Waals surface area contributed by atoms with Gasteiger partial charge in [0.15, 0.2) is 0 Å². The van der Waals surface area contributed by atoms with Gasteiger partial charge in [0.1, 0.15) is 5.78 Å². The molecule has 0 aromatic carbocycles. The molecule has 1 unspecified atom stereocenters. The van der Waals surface area contributed by atoms with E-state index in [-0.39, 0.29) is 12.0 Å². The lowest BCUT2D eigenvalue weighted by atomic mass is 9.70. The Labute approximate surface area is 106 Å². The molecule has 1 N–H and O–H groups in total. The van der Waals surface area contributed by atoms with Crippen molar-refractivity contribution >= 4 is 5.78 Å². The molecular formula is C15H28O2. The number of aliphatic hydroxyl groups is 1. The number of hydrogen-bond acceptors (Lipinski definition) is 2. The van der Waals surface area contributed by atoms with Gasteiger partial charge in [0.05, 0.1) is 12.0 Å². The molecule has 1 aliphatic rings. The fourth-order valence-corrected chi connectivity index (χ4v) is 2.91. The average molecular weight is 240 g/mol. The lowest BCUT2D eigenvalue weighted by Crippen LogP contribution is -2.37. The number of rotatable bonds is 8. The van der Waals surface area contributed by atoms with Crippen LogP contribution in [0.5, 0.6) is 0 Å². The predicted molar refractivity (Wildman–Crippen MR) is 71.0 cm³/mol. The summed E-state index contributed by atoms with van der Waals surface area (Å²) >= 11 is 0. The van der Waals surface area contributed by atoms with Crippen molar-refractivity contribution in [2.45, 2.75) is 77.6 Å². The van der Waals surface area contributed by atoms with Crippen molar-refractivity contribution in [1.82, 2.24) is 0 Å². The van der Waals surface area contributed by atoms with Crippen LogP contribution in [0.2, 0.25) is 0 Å². The maximum atomic E-state index is 12.0. The van der Waals surface area contributed by atoms with Crippen LogP contribution in [-0.4, -0.2) is 17.5 Å². The third-order valence-electron chi connectivity index (χ3n) is 4.21. The van der Waals surface area contributed by atoms with E-state index in [0.717, 1.165) is 32.1 Å². The zero-order valence-electron chi connectivity index (χ0n) is 11.3. The number of carbonyl (C=O) groups is 1. The van der Waals surface area contributed by atoms with Crippen LogP contribution >= 0.6 is 0 Å². The number of aliphatic hydroxyl groups excluding tert-OH is 1. The predicted octanol–water partition coefficient (Wildman–Crippen LogP) is 3.86. The van der Waals surface area contributed by atoms with E-state index in [1.54, 1.807) is 0 Å². The summed E-state index contributed by atoms with van der Waals surface area (Å²) in [6, 6.07) is 0. The summed E-state index contributed by atoms with van der Waals surface area (Å²) in [5.74, 6) is 0.319. The third-order valence-corrected chi connectivity index (χ3v) is 4.21. The average Bonchev–Trinajstić information content (AvgIpc) is 2.36. The molecule has 1 rings (SSSR count). The summed E-state index contributed by atoms with van der Waals surface area (Å²) in [7, 11) is 0. The van der Waals surface area contributed by atoms with Crippen molar-refractivity contribution in [3.8, 4) is 0 Å². The largest absolute Gasteiger partial charge is 0.395 e. The monoisotopic (exact) mass is 240 g/mol. The molecule has 1 saturated carbocycles. The van der Waals surface area contributed by atoms with Crippen LogP contribution in [0.4, 0.5) is 0 Å². The first-order valence-corrected chi connectivity index (χ1v) is 7.39. The van der Waals surface area contributed by atoms with Crippen LogP contribution in [0, 0.1) is 5.41 Å². The molecule has 100 valence electrons. The Kier molecular flexibility index (Phi) is 6.79. The van der Waals surface area contributed by atoms with Crippen molar-refractivity contribution in [3.63, 3.8) is 0 Å². The zero-order valence-corrected chi connectivity index (χ0v) is 11.3. The van der Waals surface area contributed by atoms with E-state index in [1.807, 2.05) is 0 Å². The first-order chi connectivity index (χ1) is 8.25. The first kappa shape index (κ1) is 14.7. The Morgan fingerprint density at radius 2 is 1.82 bits per heavy atom. The standard InChI is InChI=1S/C15H28O2/c1-2-3-4-5-6-8-11-15(13-16)12-9-7-10-14(15)17/h16H,2-13H2,1H3. The zero-order chi connectivity index (χ0) is 12.6. The SMILES string of the molecule is CCCCCCCCC1(CO)CCCCC1=O. The van der Waals surface area contributed by atoms with Crippen molar-refractivity contribution in [3.05, 3.63) is 0 Å². The molecule has 0 radical (unpaired) electrons. The van der Waals surface area contributed by atoms with Gasteiger partial charge < -0.3 is 5.11 Å². The minimum absolute atomic E-state index is 0.0702. The van der Waals surface area contributed by atoms with E-state index in [1.165, 1.54) is 32.1 Å². The van der Waals surface area contributed by atoms with Crippen LogP contribution in [0.15, 0.2) is 0 Å². The molecule has 0 spiro atoms.